The lowest BCUT2D eigenvalue weighted by Crippen LogP contribution is -2.56. The summed E-state index contributed by atoms with van der Waals surface area (Å²) in [6.45, 7) is 0.858. The molecule has 1 aromatic carbocycles. The molecule has 3 N–H and O–H groups in total. The second-order valence-corrected chi connectivity index (χ2v) is 6.96. The second-order valence-electron chi connectivity index (χ2n) is 6.52. The summed E-state index contributed by atoms with van der Waals surface area (Å²) in [6.07, 6.45) is 3.53. The Hall–Kier alpha value is -1.59. The first-order chi connectivity index (χ1) is 11.0. The molecule has 3 rings (SSSR count). The van der Waals surface area contributed by atoms with Crippen LogP contribution in [0.4, 0.5) is 0 Å². The molecule has 0 bridgehead atoms. The third-order valence-corrected chi connectivity index (χ3v) is 5.49. The van der Waals surface area contributed by atoms with E-state index in [0.717, 1.165) is 30.7 Å². The minimum absolute atomic E-state index is 0.0117. The Morgan fingerprint density at radius 3 is 2.70 bits per heavy atom. The average Bonchev–Trinajstić information content (AvgIpc) is 2.57. The third-order valence-electron chi connectivity index (χ3n) is 5.25. The molecule has 0 aromatic heterocycles. The highest BCUT2D eigenvalue weighted by Gasteiger charge is 2.39. The molecule has 1 saturated heterocycles. The summed E-state index contributed by atoms with van der Waals surface area (Å²) < 4.78 is 0. The Morgan fingerprint density at radius 2 is 2.04 bits per heavy atom. The molecule has 23 heavy (non-hydrogen) atoms. The van der Waals surface area contributed by atoms with Crippen molar-refractivity contribution in [1.82, 2.24) is 10.2 Å². The van der Waals surface area contributed by atoms with Crippen LogP contribution in [-0.2, 0) is 15.0 Å². The molecule has 2 amide bonds. The van der Waals surface area contributed by atoms with Crippen molar-refractivity contribution in [3.05, 3.63) is 34.9 Å². The van der Waals surface area contributed by atoms with Crippen LogP contribution < -0.4 is 11.1 Å². The van der Waals surface area contributed by atoms with E-state index in [1.807, 2.05) is 18.2 Å². The van der Waals surface area contributed by atoms with Gasteiger partial charge in [-0.1, -0.05) is 23.7 Å². The summed E-state index contributed by atoms with van der Waals surface area (Å²) in [4.78, 5) is 25.4. The minimum Gasteiger partial charge on any atom is -0.345 e. The standard InChI is InChI=1S/C17H22ClN3O2/c18-13-3-1-2-12(8-13)17(11-19)6-4-14(5-7-17)21-10-15(22)20-9-16(21)23/h1-3,8,14H,4-7,9-11,19H2,(H,20,22)/t14-,17+. The van der Waals surface area contributed by atoms with Crippen LogP contribution >= 0.6 is 11.6 Å². The van der Waals surface area contributed by atoms with E-state index in [9.17, 15) is 9.59 Å². The van der Waals surface area contributed by atoms with Gasteiger partial charge in [0.15, 0.2) is 0 Å². The third kappa shape index (κ3) is 3.21. The van der Waals surface area contributed by atoms with Gasteiger partial charge in [-0.05, 0) is 43.4 Å². The predicted molar refractivity (Wildman–Crippen MR) is 89.2 cm³/mol. The van der Waals surface area contributed by atoms with Crippen LogP contribution in [0.15, 0.2) is 24.3 Å². The van der Waals surface area contributed by atoms with Crippen molar-refractivity contribution >= 4 is 23.4 Å². The topological polar surface area (TPSA) is 75.4 Å². The Balaban J connectivity index is 1.73. The van der Waals surface area contributed by atoms with E-state index in [-0.39, 0.29) is 36.4 Å². The molecule has 1 aliphatic carbocycles. The molecule has 0 unspecified atom stereocenters. The number of hydrogen-bond donors (Lipinski definition) is 2. The molecule has 6 heteroatoms. The quantitative estimate of drug-likeness (QED) is 0.877. The lowest BCUT2D eigenvalue weighted by molar-refractivity contribution is -0.143. The van der Waals surface area contributed by atoms with E-state index in [1.165, 1.54) is 5.56 Å². The molecule has 0 radical (unpaired) electrons. The Labute approximate surface area is 141 Å². The van der Waals surface area contributed by atoms with Crippen LogP contribution in [0.25, 0.3) is 0 Å². The maximum absolute atomic E-state index is 12.1. The fourth-order valence-electron chi connectivity index (χ4n) is 3.80. The van der Waals surface area contributed by atoms with Crippen molar-refractivity contribution < 1.29 is 9.59 Å². The van der Waals surface area contributed by atoms with Gasteiger partial charge in [0.25, 0.3) is 0 Å². The largest absolute Gasteiger partial charge is 0.345 e. The monoisotopic (exact) mass is 335 g/mol. The van der Waals surface area contributed by atoms with Crippen LogP contribution in [0.1, 0.15) is 31.2 Å². The summed E-state index contributed by atoms with van der Waals surface area (Å²) in [6, 6.07) is 8.03. The second kappa shape index (κ2) is 6.49. The van der Waals surface area contributed by atoms with E-state index < -0.39 is 0 Å². The van der Waals surface area contributed by atoms with E-state index in [1.54, 1.807) is 4.90 Å². The normalized spacial score (nSPS) is 28.6. The number of carbonyl (C=O) groups excluding carboxylic acids is 2. The number of nitrogens with two attached hydrogens (primary N) is 1. The number of benzene rings is 1. The van der Waals surface area contributed by atoms with E-state index in [4.69, 9.17) is 17.3 Å². The van der Waals surface area contributed by atoms with E-state index in [0.29, 0.717) is 6.54 Å². The number of rotatable bonds is 3. The summed E-state index contributed by atoms with van der Waals surface area (Å²) in [7, 11) is 0. The molecule has 1 aliphatic heterocycles. The Bertz CT molecular complexity index is 612. The molecule has 0 atom stereocenters. The van der Waals surface area contributed by atoms with E-state index in [2.05, 4.69) is 11.4 Å². The number of piperazine rings is 1. The number of nitrogens with one attached hydrogen (secondary N) is 1. The fraction of sp³-hybridized carbons (Fsp3) is 0.529. The minimum atomic E-state index is -0.0809. The Morgan fingerprint density at radius 1 is 1.30 bits per heavy atom. The SMILES string of the molecule is NC[C@]1(c2cccc(Cl)c2)CC[C@@H](N2CC(=O)NCC2=O)CC1. The first kappa shape index (κ1) is 16.3. The maximum atomic E-state index is 12.1. The van der Waals surface area contributed by atoms with Crippen LogP contribution in [0.3, 0.4) is 0 Å². The molecule has 2 aliphatic rings. The van der Waals surface area contributed by atoms with Crippen molar-refractivity contribution in [2.45, 2.75) is 37.1 Å². The van der Waals surface area contributed by atoms with Gasteiger partial charge in [0.05, 0.1) is 13.1 Å². The van der Waals surface area contributed by atoms with Gasteiger partial charge in [0, 0.05) is 23.0 Å². The zero-order chi connectivity index (χ0) is 16.4. The van der Waals surface area contributed by atoms with Gasteiger partial charge in [-0.2, -0.15) is 0 Å². The van der Waals surface area contributed by atoms with Crippen molar-refractivity contribution in [2.75, 3.05) is 19.6 Å². The van der Waals surface area contributed by atoms with Gasteiger partial charge in [-0.15, -0.1) is 0 Å². The molecule has 1 aromatic rings. The molecule has 0 spiro atoms. The molecular weight excluding hydrogens is 314 g/mol. The highest BCUT2D eigenvalue weighted by atomic mass is 35.5. The summed E-state index contributed by atoms with van der Waals surface area (Å²) in [5, 5.41) is 3.32. The van der Waals surface area contributed by atoms with Crippen molar-refractivity contribution in [3.63, 3.8) is 0 Å². The van der Waals surface area contributed by atoms with Crippen LogP contribution in [-0.4, -0.2) is 42.4 Å². The number of nitrogens with zero attached hydrogens (tertiary/aromatic N) is 1. The average molecular weight is 336 g/mol. The molecule has 5 nitrogen and oxygen atoms in total. The molecule has 2 fully saturated rings. The van der Waals surface area contributed by atoms with Crippen LogP contribution in [0.2, 0.25) is 5.02 Å². The van der Waals surface area contributed by atoms with Gasteiger partial charge in [0.1, 0.15) is 0 Å². The fourth-order valence-corrected chi connectivity index (χ4v) is 3.99. The van der Waals surface area contributed by atoms with Crippen LogP contribution in [0, 0.1) is 0 Å². The molecular formula is C17H22ClN3O2. The lowest BCUT2D eigenvalue weighted by Gasteiger charge is -2.44. The first-order valence-corrected chi connectivity index (χ1v) is 8.44. The summed E-state index contributed by atoms with van der Waals surface area (Å²) >= 11 is 6.13. The van der Waals surface area contributed by atoms with Crippen molar-refractivity contribution in [2.24, 2.45) is 5.73 Å². The maximum Gasteiger partial charge on any atom is 0.242 e. The van der Waals surface area contributed by atoms with E-state index >= 15 is 0 Å². The highest BCUT2D eigenvalue weighted by Crippen LogP contribution is 2.40. The smallest absolute Gasteiger partial charge is 0.242 e. The highest BCUT2D eigenvalue weighted by molar-refractivity contribution is 6.30. The van der Waals surface area contributed by atoms with Crippen LogP contribution in [0.5, 0.6) is 0 Å². The van der Waals surface area contributed by atoms with Crippen molar-refractivity contribution in [1.29, 1.82) is 0 Å². The summed E-state index contributed by atoms with van der Waals surface area (Å²) in [5.74, 6) is -0.0623. The number of carbonyl (C=O) groups is 2. The van der Waals surface area contributed by atoms with Gasteiger partial charge in [-0.25, -0.2) is 0 Å². The number of amides is 2. The predicted octanol–water partition coefficient (Wildman–Crippen LogP) is 1.44. The summed E-state index contributed by atoms with van der Waals surface area (Å²) in [5.41, 5.74) is 7.20. The van der Waals surface area contributed by atoms with Gasteiger partial charge >= 0.3 is 0 Å². The number of halogens is 1. The van der Waals surface area contributed by atoms with Gasteiger partial charge in [-0.3, -0.25) is 9.59 Å². The molecule has 124 valence electrons. The molecule has 1 saturated carbocycles. The first-order valence-electron chi connectivity index (χ1n) is 8.06. The number of hydrogen-bond acceptors (Lipinski definition) is 3. The van der Waals surface area contributed by atoms with Gasteiger partial charge < -0.3 is 16.0 Å². The zero-order valence-electron chi connectivity index (χ0n) is 13.1. The van der Waals surface area contributed by atoms with Crippen molar-refractivity contribution in [3.8, 4) is 0 Å². The Kier molecular flexibility index (Phi) is 4.60. The molecule has 1 heterocycles. The lowest BCUT2D eigenvalue weighted by atomic mass is 9.68. The zero-order valence-corrected chi connectivity index (χ0v) is 13.8. The van der Waals surface area contributed by atoms with Gasteiger partial charge in [0.2, 0.25) is 11.8 Å².